The maximum Gasteiger partial charge on any atom is 0.286 e. The van der Waals surface area contributed by atoms with E-state index in [1.807, 2.05) is 13.0 Å². The quantitative estimate of drug-likeness (QED) is 0.679. The number of nitrogens with one attached hydrogen (secondary N) is 1. The van der Waals surface area contributed by atoms with Crippen molar-refractivity contribution in [3.8, 4) is 0 Å². The molecule has 0 spiro atoms. The van der Waals surface area contributed by atoms with Gasteiger partial charge in [0, 0.05) is 25.7 Å². The fourth-order valence-electron chi connectivity index (χ4n) is 3.79. The summed E-state index contributed by atoms with van der Waals surface area (Å²) in [5.41, 5.74) is 0. The number of carbonyl (C=O) groups is 1. The van der Waals surface area contributed by atoms with E-state index in [1.165, 1.54) is 32.1 Å². The van der Waals surface area contributed by atoms with Gasteiger partial charge < -0.3 is 19.9 Å². The van der Waals surface area contributed by atoms with E-state index in [4.69, 9.17) is 9.47 Å². The van der Waals surface area contributed by atoms with Crippen LogP contribution in [0.5, 0.6) is 0 Å². The van der Waals surface area contributed by atoms with E-state index >= 15 is 0 Å². The first kappa shape index (κ1) is 17.7. The number of aliphatic hydroxyl groups is 1. The molecule has 5 heteroatoms. The minimum absolute atomic E-state index is 0.100. The summed E-state index contributed by atoms with van der Waals surface area (Å²) in [6.45, 7) is 3.46. The first-order chi connectivity index (χ1) is 11.7. The Morgan fingerprint density at radius 3 is 2.75 bits per heavy atom. The first-order valence-electron chi connectivity index (χ1n) is 9.62. The van der Waals surface area contributed by atoms with Crippen molar-refractivity contribution in [3.63, 3.8) is 0 Å². The maximum atomic E-state index is 12.5. The van der Waals surface area contributed by atoms with E-state index in [9.17, 15) is 9.90 Å². The summed E-state index contributed by atoms with van der Waals surface area (Å²) in [5, 5.41) is 12.2. The lowest BCUT2D eigenvalue weighted by molar-refractivity contribution is -0.178. The van der Waals surface area contributed by atoms with Crippen molar-refractivity contribution in [3.05, 3.63) is 11.8 Å². The Labute approximate surface area is 144 Å². The molecule has 0 aromatic rings. The Hall–Kier alpha value is -1.07. The molecule has 0 unspecified atom stereocenters. The highest BCUT2D eigenvalue weighted by Gasteiger charge is 2.42. The summed E-state index contributed by atoms with van der Waals surface area (Å²) in [6.07, 6.45) is 9.42. The Morgan fingerprint density at radius 2 is 2.17 bits per heavy atom. The van der Waals surface area contributed by atoms with E-state index in [-0.39, 0.29) is 24.7 Å². The van der Waals surface area contributed by atoms with Crippen molar-refractivity contribution in [2.45, 2.75) is 58.2 Å². The summed E-state index contributed by atoms with van der Waals surface area (Å²) < 4.78 is 11.8. The van der Waals surface area contributed by atoms with Crippen LogP contribution in [-0.2, 0) is 14.3 Å². The third-order valence-corrected chi connectivity index (χ3v) is 5.62. The van der Waals surface area contributed by atoms with E-state index in [1.54, 1.807) is 0 Å². The van der Waals surface area contributed by atoms with E-state index in [0.29, 0.717) is 30.1 Å². The lowest BCUT2D eigenvalue weighted by Gasteiger charge is -2.43. The normalized spacial score (nSPS) is 30.2. The Morgan fingerprint density at radius 1 is 1.38 bits per heavy atom. The molecule has 2 fully saturated rings. The van der Waals surface area contributed by atoms with Crippen molar-refractivity contribution < 1.29 is 19.4 Å². The first-order valence-corrected chi connectivity index (χ1v) is 9.62. The second kappa shape index (κ2) is 8.34. The number of rotatable bonds is 9. The van der Waals surface area contributed by atoms with Crippen molar-refractivity contribution in [2.24, 2.45) is 23.7 Å². The summed E-state index contributed by atoms with van der Waals surface area (Å²) in [4.78, 5) is 12.5. The molecule has 0 saturated heterocycles. The lowest BCUT2D eigenvalue weighted by Crippen LogP contribution is -2.43. The number of amides is 1. The van der Waals surface area contributed by atoms with Gasteiger partial charge in [0.15, 0.2) is 5.76 Å². The van der Waals surface area contributed by atoms with Gasteiger partial charge in [-0.25, -0.2) is 0 Å². The Balaban J connectivity index is 1.72. The molecule has 24 heavy (non-hydrogen) atoms. The number of allylic oxidation sites excluding steroid dienone is 1. The molecule has 3 rings (SSSR count). The van der Waals surface area contributed by atoms with Gasteiger partial charge in [0.1, 0.15) is 0 Å². The van der Waals surface area contributed by atoms with Gasteiger partial charge in [-0.1, -0.05) is 6.42 Å². The van der Waals surface area contributed by atoms with Gasteiger partial charge in [-0.2, -0.15) is 0 Å². The van der Waals surface area contributed by atoms with Gasteiger partial charge >= 0.3 is 0 Å². The van der Waals surface area contributed by atoms with E-state index in [2.05, 4.69) is 5.32 Å². The van der Waals surface area contributed by atoms with Crippen molar-refractivity contribution >= 4 is 5.91 Å². The van der Waals surface area contributed by atoms with Gasteiger partial charge in [-0.05, 0) is 69.3 Å². The molecule has 0 aromatic carbocycles. The van der Waals surface area contributed by atoms with Crippen molar-refractivity contribution in [2.75, 3.05) is 19.8 Å². The molecule has 0 bridgehead atoms. The Bertz CT molecular complexity index is 456. The minimum atomic E-state index is -0.376. The molecule has 0 radical (unpaired) electrons. The third kappa shape index (κ3) is 4.31. The zero-order chi connectivity index (χ0) is 16.9. The van der Waals surface area contributed by atoms with Gasteiger partial charge in [-0.15, -0.1) is 0 Å². The van der Waals surface area contributed by atoms with Crippen molar-refractivity contribution in [1.82, 2.24) is 5.32 Å². The SMILES string of the molecule is CCO[C@@H]1OC(C(=O)NCC2CC2)=C[C@H](C2CCC2)[C@H]1CCCO. The molecule has 3 atom stereocenters. The molecule has 2 saturated carbocycles. The van der Waals surface area contributed by atoms with Crippen LogP contribution in [0.15, 0.2) is 11.8 Å². The number of ether oxygens (including phenoxy) is 2. The number of hydrogen-bond donors (Lipinski definition) is 2. The molecule has 1 heterocycles. The van der Waals surface area contributed by atoms with Crippen LogP contribution in [0.2, 0.25) is 0 Å². The summed E-state index contributed by atoms with van der Waals surface area (Å²) in [6, 6.07) is 0. The molecule has 2 N–H and O–H groups in total. The smallest absolute Gasteiger partial charge is 0.286 e. The third-order valence-electron chi connectivity index (χ3n) is 5.62. The second-order valence-corrected chi connectivity index (χ2v) is 7.42. The predicted octanol–water partition coefficient (Wildman–Crippen LogP) is 2.59. The molecule has 2 aliphatic carbocycles. The number of hydrogen-bond acceptors (Lipinski definition) is 4. The average Bonchev–Trinajstić information content (AvgIpc) is 3.34. The van der Waals surface area contributed by atoms with Crippen LogP contribution < -0.4 is 5.32 Å². The standard InChI is InChI=1S/C19H31NO4/c1-2-23-19-15(7-4-10-21)16(14-5-3-6-14)11-17(24-19)18(22)20-12-13-8-9-13/h11,13-16,19,21H,2-10,12H2,1H3,(H,20,22)/t15-,16-,19-/m1/s1. The van der Waals surface area contributed by atoms with Crippen LogP contribution in [0.4, 0.5) is 0 Å². The van der Waals surface area contributed by atoms with Gasteiger partial charge in [0.05, 0.1) is 0 Å². The van der Waals surface area contributed by atoms with Crippen LogP contribution in [0.1, 0.15) is 51.9 Å². The molecule has 1 amide bonds. The topological polar surface area (TPSA) is 67.8 Å². The monoisotopic (exact) mass is 337 g/mol. The molecule has 136 valence electrons. The van der Waals surface area contributed by atoms with Crippen LogP contribution >= 0.6 is 0 Å². The van der Waals surface area contributed by atoms with Crippen LogP contribution in [0, 0.1) is 23.7 Å². The molecule has 0 aromatic heterocycles. The lowest BCUT2D eigenvalue weighted by atomic mass is 9.68. The summed E-state index contributed by atoms with van der Waals surface area (Å²) >= 11 is 0. The molecule has 1 aliphatic heterocycles. The van der Waals surface area contributed by atoms with Gasteiger partial charge in [0.25, 0.3) is 5.91 Å². The fraction of sp³-hybridized carbons (Fsp3) is 0.842. The van der Waals surface area contributed by atoms with Gasteiger partial charge in [-0.3, -0.25) is 4.79 Å². The molecular formula is C19H31NO4. The molecule has 5 nitrogen and oxygen atoms in total. The molecular weight excluding hydrogens is 306 g/mol. The maximum absolute atomic E-state index is 12.5. The zero-order valence-corrected chi connectivity index (χ0v) is 14.7. The highest BCUT2D eigenvalue weighted by atomic mass is 16.7. The fourth-order valence-corrected chi connectivity index (χ4v) is 3.79. The highest BCUT2D eigenvalue weighted by Crippen LogP contribution is 2.44. The Kier molecular flexibility index (Phi) is 6.17. The number of aliphatic hydroxyl groups excluding tert-OH is 1. The van der Waals surface area contributed by atoms with E-state index < -0.39 is 0 Å². The predicted molar refractivity (Wildman–Crippen MR) is 91.0 cm³/mol. The van der Waals surface area contributed by atoms with Crippen LogP contribution in [0.25, 0.3) is 0 Å². The van der Waals surface area contributed by atoms with Gasteiger partial charge in [0.2, 0.25) is 6.29 Å². The average molecular weight is 337 g/mol. The number of carbonyl (C=O) groups excluding carboxylic acids is 1. The zero-order valence-electron chi connectivity index (χ0n) is 14.7. The van der Waals surface area contributed by atoms with E-state index in [0.717, 1.165) is 19.4 Å². The minimum Gasteiger partial charge on any atom is -0.459 e. The molecule has 3 aliphatic rings. The van der Waals surface area contributed by atoms with Crippen LogP contribution in [0.3, 0.4) is 0 Å². The largest absolute Gasteiger partial charge is 0.459 e. The van der Waals surface area contributed by atoms with Crippen molar-refractivity contribution in [1.29, 1.82) is 0 Å². The summed E-state index contributed by atoms with van der Waals surface area (Å²) in [5.74, 6) is 2.15. The summed E-state index contributed by atoms with van der Waals surface area (Å²) in [7, 11) is 0. The second-order valence-electron chi connectivity index (χ2n) is 7.42. The highest BCUT2D eigenvalue weighted by molar-refractivity contribution is 5.91. The van der Waals surface area contributed by atoms with Crippen LogP contribution in [-0.4, -0.2) is 37.1 Å².